The molecule has 5 nitrogen and oxygen atoms in total. The highest BCUT2D eigenvalue weighted by molar-refractivity contribution is 5.82. The molecule has 2 N–H and O–H groups in total. The van der Waals surface area contributed by atoms with Crippen molar-refractivity contribution in [1.82, 2.24) is 15.3 Å². The molecule has 1 atom stereocenters. The molecule has 0 aliphatic heterocycles. The molecule has 220 valence electrons. The molecule has 4 rings (SSSR count). The Morgan fingerprint density at radius 2 is 1.66 bits per heavy atom. The van der Waals surface area contributed by atoms with Gasteiger partial charge in [-0.25, -0.2) is 4.98 Å². The fourth-order valence-corrected chi connectivity index (χ4v) is 4.70. The van der Waals surface area contributed by atoms with Gasteiger partial charge < -0.3 is 15.0 Å². The summed E-state index contributed by atoms with van der Waals surface area (Å²) in [7, 11) is 0. The van der Waals surface area contributed by atoms with Crippen molar-refractivity contribution in [2.24, 2.45) is 5.92 Å². The lowest BCUT2D eigenvalue weighted by atomic mass is 10.0. The van der Waals surface area contributed by atoms with E-state index in [0.717, 1.165) is 54.0 Å². The second-order valence-corrected chi connectivity index (χ2v) is 11.1. The molecule has 1 amide bonds. The van der Waals surface area contributed by atoms with Crippen molar-refractivity contribution in [3.63, 3.8) is 0 Å². The number of ether oxygens (including phenoxy) is 1. The van der Waals surface area contributed by atoms with Gasteiger partial charge in [-0.15, -0.1) is 0 Å². The van der Waals surface area contributed by atoms with Crippen molar-refractivity contribution in [3.8, 4) is 16.9 Å². The molecule has 41 heavy (non-hydrogen) atoms. The smallest absolute Gasteiger partial charge is 0.217 e. The molecule has 1 aromatic heterocycles. The molecular weight excluding hydrogens is 506 g/mol. The van der Waals surface area contributed by atoms with E-state index < -0.39 is 0 Å². The van der Waals surface area contributed by atoms with E-state index in [1.54, 1.807) is 6.92 Å². The third-order valence-electron chi connectivity index (χ3n) is 7.57. The molecule has 0 saturated heterocycles. The minimum absolute atomic E-state index is 0.0204. The Morgan fingerprint density at radius 1 is 0.951 bits per heavy atom. The maximum absolute atomic E-state index is 10.7. The zero-order valence-corrected chi connectivity index (χ0v) is 26.0. The number of hydrogen-bond donors (Lipinski definition) is 2. The fourth-order valence-electron chi connectivity index (χ4n) is 4.70. The van der Waals surface area contributed by atoms with Crippen LogP contribution in [-0.4, -0.2) is 22.5 Å². The SMILES string of the molecule is CCCCCc1ccc(CNC(C)=O)cc1.CCc1cc(-c2ccc3nc(C)[nH]c3c2)ccc1OCCC(C)CC. The van der Waals surface area contributed by atoms with Crippen LogP contribution in [0.4, 0.5) is 0 Å². The van der Waals surface area contributed by atoms with Crippen LogP contribution in [0, 0.1) is 12.8 Å². The number of nitrogens with one attached hydrogen (secondary N) is 2. The lowest BCUT2D eigenvalue weighted by molar-refractivity contribution is -0.119. The number of fused-ring (bicyclic) bond motifs is 1. The maximum atomic E-state index is 10.7. The van der Waals surface area contributed by atoms with E-state index in [1.165, 1.54) is 47.9 Å². The van der Waals surface area contributed by atoms with Crippen molar-refractivity contribution in [2.75, 3.05) is 6.61 Å². The molecule has 0 aliphatic carbocycles. The lowest BCUT2D eigenvalue weighted by Gasteiger charge is -2.14. The first-order valence-electron chi connectivity index (χ1n) is 15.4. The number of benzene rings is 3. The van der Waals surface area contributed by atoms with Crippen molar-refractivity contribution >= 4 is 16.9 Å². The largest absolute Gasteiger partial charge is 0.493 e. The summed E-state index contributed by atoms with van der Waals surface area (Å²) in [6.07, 6.45) is 8.28. The summed E-state index contributed by atoms with van der Waals surface area (Å²) in [5.74, 6) is 2.71. The summed E-state index contributed by atoms with van der Waals surface area (Å²) in [5.41, 5.74) is 8.35. The summed E-state index contributed by atoms with van der Waals surface area (Å²) in [4.78, 5) is 18.5. The minimum Gasteiger partial charge on any atom is -0.493 e. The third kappa shape index (κ3) is 10.4. The number of carbonyl (C=O) groups excluding carboxylic acids is 1. The predicted octanol–water partition coefficient (Wildman–Crippen LogP) is 8.97. The highest BCUT2D eigenvalue weighted by Crippen LogP contribution is 2.29. The quantitative estimate of drug-likeness (QED) is 0.162. The zero-order valence-electron chi connectivity index (χ0n) is 26.0. The summed E-state index contributed by atoms with van der Waals surface area (Å²) < 4.78 is 6.05. The van der Waals surface area contributed by atoms with Crippen molar-refractivity contribution in [1.29, 1.82) is 0 Å². The molecule has 1 heterocycles. The highest BCUT2D eigenvalue weighted by Gasteiger charge is 2.08. The molecule has 0 spiro atoms. The summed E-state index contributed by atoms with van der Waals surface area (Å²) in [5, 5.41) is 2.79. The van der Waals surface area contributed by atoms with Gasteiger partial charge in [-0.1, -0.05) is 83.4 Å². The number of H-pyrrole nitrogens is 1. The van der Waals surface area contributed by atoms with Crippen molar-refractivity contribution < 1.29 is 9.53 Å². The van der Waals surface area contributed by atoms with Gasteiger partial charge in [0.1, 0.15) is 11.6 Å². The molecule has 4 aromatic rings. The van der Waals surface area contributed by atoms with Crippen LogP contribution < -0.4 is 10.1 Å². The topological polar surface area (TPSA) is 67.0 Å². The van der Waals surface area contributed by atoms with Crippen LogP contribution in [0.2, 0.25) is 0 Å². The van der Waals surface area contributed by atoms with Gasteiger partial charge in [-0.05, 0) is 90.6 Å². The summed E-state index contributed by atoms with van der Waals surface area (Å²) in [6.45, 7) is 13.9. The first kappa shape index (κ1) is 31.9. The maximum Gasteiger partial charge on any atom is 0.217 e. The first-order chi connectivity index (χ1) is 19.8. The van der Waals surface area contributed by atoms with E-state index in [0.29, 0.717) is 12.5 Å². The van der Waals surface area contributed by atoms with Crippen LogP contribution >= 0.6 is 0 Å². The number of hydrogen-bond acceptors (Lipinski definition) is 3. The van der Waals surface area contributed by atoms with E-state index in [9.17, 15) is 4.79 Å². The summed E-state index contributed by atoms with van der Waals surface area (Å²) >= 11 is 0. The minimum atomic E-state index is 0.0204. The molecule has 0 fully saturated rings. The Labute approximate surface area is 247 Å². The van der Waals surface area contributed by atoms with Crippen LogP contribution in [0.3, 0.4) is 0 Å². The average molecular weight is 556 g/mol. The van der Waals surface area contributed by atoms with E-state index in [1.807, 2.05) is 6.92 Å². The second kappa shape index (κ2) is 16.6. The number of carbonyl (C=O) groups is 1. The van der Waals surface area contributed by atoms with Gasteiger partial charge in [0.05, 0.1) is 17.6 Å². The number of imidazole rings is 1. The molecule has 0 radical (unpaired) electrons. The number of amides is 1. The number of unbranched alkanes of at least 4 members (excludes halogenated alkanes) is 2. The van der Waals surface area contributed by atoms with E-state index in [-0.39, 0.29) is 5.91 Å². The standard InChI is InChI=1S/C22H28N2O.C14H21NO/c1-5-15(3)11-12-25-22-10-8-18(13-17(22)6-2)19-7-9-20-21(14-19)24-16(4)23-20;1-3-4-5-6-13-7-9-14(10-8-13)11-15-12(2)16/h7-10,13-15H,5-6,11-12H2,1-4H3,(H,23,24);7-10H,3-6,11H2,1-2H3,(H,15,16). The number of rotatable bonds is 13. The Balaban J connectivity index is 0.000000250. The average Bonchev–Trinajstić information content (AvgIpc) is 3.36. The van der Waals surface area contributed by atoms with Crippen LogP contribution in [0.5, 0.6) is 5.75 Å². The molecule has 0 aliphatic rings. The predicted molar refractivity (Wildman–Crippen MR) is 172 cm³/mol. The summed E-state index contributed by atoms with van der Waals surface area (Å²) in [6, 6.07) is 21.4. The number of nitrogens with zero attached hydrogens (tertiary/aromatic N) is 1. The van der Waals surface area contributed by atoms with Crippen molar-refractivity contribution in [3.05, 3.63) is 83.2 Å². The van der Waals surface area contributed by atoms with Gasteiger partial charge in [0, 0.05) is 13.5 Å². The second-order valence-electron chi connectivity index (χ2n) is 11.1. The Bertz CT molecular complexity index is 1360. The van der Waals surface area contributed by atoms with Gasteiger partial charge in [-0.2, -0.15) is 0 Å². The van der Waals surface area contributed by atoms with Crippen LogP contribution in [0.1, 0.15) is 89.2 Å². The normalized spacial score (nSPS) is 11.6. The van der Waals surface area contributed by atoms with Crippen LogP contribution in [-0.2, 0) is 24.2 Å². The molecule has 3 aromatic carbocycles. The van der Waals surface area contributed by atoms with E-state index in [2.05, 4.69) is 104 Å². The Morgan fingerprint density at radius 3 is 2.34 bits per heavy atom. The van der Waals surface area contributed by atoms with E-state index in [4.69, 9.17) is 4.74 Å². The Kier molecular flexibility index (Phi) is 12.9. The number of aromatic nitrogens is 2. The lowest BCUT2D eigenvalue weighted by Crippen LogP contribution is -2.18. The zero-order chi connectivity index (χ0) is 29.6. The van der Waals surface area contributed by atoms with E-state index >= 15 is 0 Å². The van der Waals surface area contributed by atoms with Crippen molar-refractivity contribution in [2.45, 2.75) is 93.0 Å². The molecule has 5 heteroatoms. The highest BCUT2D eigenvalue weighted by atomic mass is 16.5. The number of aryl methyl sites for hydroxylation is 3. The molecule has 1 unspecified atom stereocenters. The van der Waals surface area contributed by atoms with Gasteiger partial charge in [0.2, 0.25) is 5.91 Å². The van der Waals surface area contributed by atoms with Crippen LogP contribution in [0.25, 0.3) is 22.2 Å². The monoisotopic (exact) mass is 555 g/mol. The third-order valence-corrected chi connectivity index (χ3v) is 7.57. The molecule has 0 saturated carbocycles. The number of aromatic amines is 1. The Hall–Kier alpha value is -3.60. The van der Waals surface area contributed by atoms with Gasteiger partial charge >= 0.3 is 0 Å². The van der Waals surface area contributed by atoms with Crippen LogP contribution in [0.15, 0.2) is 60.7 Å². The van der Waals surface area contributed by atoms with Gasteiger partial charge in [0.15, 0.2) is 0 Å². The first-order valence-corrected chi connectivity index (χ1v) is 15.4. The fraction of sp³-hybridized carbons (Fsp3) is 0.444. The van der Waals surface area contributed by atoms with Gasteiger partial charge in [-0.3, -0.25) is 4.79 Å². The molecular formula is C36H49N3O2. The molecule has 0 bridgehead atoms. The van der Waals surface area contributed by atoms with Gasteiger partial charge in [0.25, 0.3) is 0 Å².